The molecule has 0 aromatic carbocycles. The smallest absolute Gasteiger partial charge is 0.255 e. The summed E-state index contributed by atoms with van der Waals surface area (Å²) in [6.07, 6.45) is -1.23. The first-order chi connectivity index (χ1) is 14.5. The number of alkyl halides is 3. The molecule has 0 saturated heterocycles. The molecule has 0 spiro atoms. The second-order valence-corrected chi connectivity index (χ2v) is 7.90. The highest BCUT2D eigenvalue weighted by molar-refractivity contribution is 8.02. The number of thiophene rings is 1. The first-order valence-corrected chi connectivity index (χ1v) is 10.4. The van der Waals surface area contributed by atoms with Gasteiger partial charge < -0.3 is 0 Å². The van der Waals surface area contributed by atoms with E-state index in [1.807, 2.05) is 35.7 Å². The Morgan fingerprint density at radius 2 is 1.87 bits per heavy atom. The number of hydrogen-bond donors (Lipinski definition) is 0. The zero-order valence-corrected chi connectivity index (χ0v) is 16.8. The monoisotopic (exact) mass is 443 g/mol. The number of nitrogens with zero attached hydrogens (tertiary/aromatic N) is 5. The van der Waals surface area contributed by atoms with E-state index in [0.29, 0.717) is 5.69 Å². The topological polar surface area (TPSA) is 67.4 Å². The molecule has 0 N–H and O–H groups in total. The van der Waals surface area contributed by atoms with Crippen LogP contribution in [0.15, 0.2) is 60.9 Å². The summed E-state index contributed by atoms with van der Waals surface area (Å²) in [5, 5.41) is 14.2. The van der Waals surface area contributed by atoms with Crippen molar-refractivity contribution in [3.05, 3.63) is 66.6 Å². The molecule has 4 aromatic heterocycles. The van der Waals surface area contributed by atoms with Gasteiger partial charge in [-0.05, 0) is 54.2 Å². The molecule has 0 unspecified atom stereocenters. The highest BCUT2D eigenvalue weighted by Crippen LogP contribution is 2.35. The van der Waals surface area contributed by atoms with E-state index in [0.717, 1.165) is 43.5 Å². The molecule has 0 bridgehead atoms. The van der Waals surface area contributed by atoms with Crippen LogP contribution in [-0.2, 0) is 12.1 Å². The van der Waals surface area contributed by atoms with Crippen LogP contribution < -0.4 is 0 Å². The fraction of sp³-hybridized carbons (Fsp3) is 0.100. The Kier molecular flexibility index (Phi) is 5.57. The Hall–Kier alpha value is -3.16. The van der Waals surface area contributed by atoms with E-state index in [1.165, 1.54) is 0 Å². The molecule has 150 valence electrons. The number of halogens is 3. The van der Waals surface area contributed by atoms with E-state index in [-0.39, 0.29) is 11.6 Å². The van der Waals surface area contributed by atoms with Crippen LogP contribution in [0, 0.1) is 10.7 Å². The summed E-state index contributed by atoms with van der Waals surface area (Å²) < 4.78 is 40.4. The van der Waals surface area contributed by atoms with E-state index in [4.69, 9.17) is 5.26 Å². The number of pyridine rings is 2. The minimum absolute atomic E-state index is 0.0241. The van der Waals surface area contributed by atoms with Crippen LogP contribution in [0.4, 0.5) is 13.2 Å². The van der Waals surface area contributed by atoms with Gasteiger partial charge in [0.05, 0.1) is 22.0 Å². The number of thioether (sulfide) groups is 1. The summed E-state index contributed by atoms with van der Waals surface area (Å²) >= 11 is 2.36. The van der Waals surface area contributed by atoms with Gasteiger partial charge in [0, 0.05) is 22.8 Å². The van der Waals surface area contributed by atoms with Crippen LogP contribution in [0.5, 0.6) is 0 Å². The quantitative estimate of drug-likeness (QED) is 0.358. The van der Waals surface area contributed by atoms with Gasteiger partial charge in [0.15, 0.2) is 5.69 Å². The predicted molar refractivity (Wildman–Crippen MR) is 110 cm³/mol. The van der Waals surface area contributed by atoms with Gasteiger partial charge in [-0.15, -0.1) is 11.3 Å². The lowest BCUT2D eigenvalue weighted by Gasteiger charge is -2.05. The van der Waals surface area contributed by atoms with Crippen LogP contribution in [0.25, 0.3) is 32.4 Å². The van der Waals surface area contributed by atoms with Crippen molar-refractivity contribution in [3.8, 4) is 37.8 Å². The summed E-state index contributed by atoms with van der Waals surface area (Å²) in [6.45, 7) is 0. The number of aromatic nitrogens is 4. The molecule has 4 aromatic rings. The van der Waals surface area contributed by atoms with E-state index >= 15 is 0 Å². The third-order valence-electron chi connectivity index (χ3n) is 4.16. The molecular weight excluding hydrogens is 431 g/mol. The minimum atomic E-state index is -4.57. The standard InChI is InChI=1S/C20H12F3N5S2/c21-20(22,23)19-9-16(28(27-19)12-29-11-24)14-5-4-13(10-26-14)17-6-7-18(30-17)15-3-1-2-8-25-15/h1-10H,12H2. The zero-order chi connectivity index (χ0) is 21.1. The summed E-state index contributed by atoms with van der Waals surface area (Å²) in [5.41, 5.74) is 1.26. The molecule has 4 heterocycles. The third kappa shape index (κ3) is 4.22. The molecule has 0 saturated carbocycles. The van der Waals surface area contributed by atoms with Crippen LogP contribution in [-0.4, -0.2) is 19.7 Å². The average molecular weight is 443 g/mol. The number of rotatable bonds is 5. The first kappa shape index (κ1) is 20.1. The molecule has 0 aliphatic carbocycles. The molecule has 0 atom stereocenters. The Morgan fingerprint density at radius 3 is 2.53 bits per heavy atom. The van der Waals surface area contributed by atoms with E-state index in [2.05, 4.69) is 15.1 Å². The Morgan fingerprint density at radius 1 is 1.03 bits per heavy atom. The zero-order valence-electron chi connectivity index (χ0n) is 15.2. The van der Waals surface area contributed by atoms with Crippen LogP contribution >= 0.6 is 23.1 Å². The maximum atomic E-state index is 13.1. The lowest BCUT2D eigenvalue weighted by atomic mass is 10.2. The molecule has 10 heteroatoms. The maximum absolute atomic E-state index is 13.1. The Labute approximate surface area is 177 Å². The highest BCUT2D eigenvalue weighted by Gasteiger charge is 2.35. The Balaban J connectivity index is 1.64. The molecule has 0 radical (unpaired) electrons. The number of nitriles is 1. The van der Waals surface area contributed by atoms with E-state index < -0.39 is 11.9 Å². The molecule has 0 aliphatic rings. The predicted octanol–water partition coefficient (Wildman–Crippen LogP) is 5.93. The largest absolute Gasteiger partial charge is 0.435 e. The van der Waals surface area contributed by atoms with E-state index in [1.54, 1.807) is 35.9 Å². The van der Waals surface area contributed by atoms with Crippen molar-refractivity contribution in [3.63, 3.8) is 0 Å². The van der Waals surface area contributed by atoms with Crippen molar-refractivity contribution in [2.75, 3.05) is 0 Å². The van der Waals surface area contributed by atoms with Gasteiger partial charge in [0.25, 0.3) is 0 Å². The van der Waals surface area contributed by atoms with Gasteiger partial charge in [-0.3, -0.25) is 14.6 Å². The van der Waals surface area contributed by atoms with Crippen molar-refractivity contribution in [1.82, 2.24) is 19.7 Å². The second kappa shape index (κ2) is 8.30. The van der Waals surface area contributed by atoms with Crippen LogP contribution in [0.1, 0.15) is 5.69 Å². The van der Waals surface area contributed by atoms with Gasteiger partial charge in [0.1, 0.15) is 11.3 Å². The summed E-state index contributed by atoms with van der Waals surface area (Å²) in [6, 6.07) is 14.0. The van der Waals surface area contributed by atoms with Gasteiger partial charge in [-0.1, -0.05) is 6.07 Å². The van der Waals surface area contributed by atoms with E-state index in [9.17, 15) is 13.2 Å². The molecule has 0 fully saturated rings. The summed E-state index contributed by atoms with van der Waals surface area (Å²) in [4.78, 5) is 10.7. The van der Waals surface area contributed by atoms with Crippen molar-refractivity contribution < 1.29 is 13.2 Å². The molecule has 4 rings (SSSR count). The first-order valence-electron chi connectivity index (χ1n) is 8.59. The molecule has 0 aliphatic heterocycles. The fourth-order valence-electron chi connectivity index (χ4n) is 2.78. The normalized spacial score (nSPS) is 11.4. The van der Waals surface area contributed by atoms with Crippen molar-refractivity contribution in [1.29, 1.82) is 5.26 Å². The molecule has 5 nitrogen and oxygen atoms in total. The number of hydrogen-bond acceptors (Lipinski definition) is 6. The van der Waals surface area contributed by atoms with Gasteiger partial charge in [-0.2, -0.15) is 23.5 Å². The summed E-state index contributed by atoms with van der Waals surface area (Å²) in [5.74, 6) is -0.0241. The van der Waals surface area contributed by atoms with Crippen LogP contribution in [0.2, 0.25) is 0 Å². The third-order valence-corrected chi connectivity index (χ3v) is 5.82. The molecule has 0 amide bonds. The van der Waals surface area contributed by atoms with Gasteiger partial charge in [0.2, 0.25) is 0 Å². The molecule has 30 heavy (non-hydrogen) atoms. The van der Waals surface area contributed by atoms with Crippen molar-refractivity contribution in [2.24, 2.45) is 0 Å². The van der Waals surface area contributed by atoms with Gasteiger partial charge in [-0.25, -0.2) is 0 Å². The lowest BCUT2D eigenvalue weighted by Crippen LogP contribution is -2.07. The Bertz CT molecular complexity index is 1190. The summed E-state index contributed by atoms with van der Waals surface area (Å²) in [7, 11) is 0. The van der Waals surface area contributed by atoms with Gasteiger partial charge >= 0.3 is 6.18 Å². The van der Waals surface area contributed by atoms with Crippen molar-refractivity contribution in [2.45, 2.75) is 12.1 Å². The van der Waals surface area contributed by atoms with Crippen molar-refractivity contribution >= 4 is 23.1 Å². The SMILES string of the molecule is N#CSCn1nc(C(F)(F)F)cc1-c1ccc(-c2ccc(-c3ccccn3)s2)cn1. The van der Waals surface area contributed by atoms with Crippen LogP contribution in [0.3, 0.4) is 0 Å². The fourth-order valence-corrected chi connectivity index (χ4v) is 4.13. The highest BCUT2D eigenvalue weighted by atomic mass is 32.2. The second-order valence-electron chi connectivity index (χ2n) is 6.09. The number of thiocyanates is 1. The minimum Gasteiger partial charge on any atom is -0.255 e. The average Bonchev–Trinajstić information content (AvgIpc) is 3.40. The lowest BCUT2D eigenvalue weighted by molar-refractivity contribution is -0.141. The molecular formula is C20H12F3N5S2. The maximum Gasteiger partial charge on any atom is 0.435 e.